The lowest BCUT2D eigenvalue weighted by Gasteiger charge is -2.33. The maximum absolute atomic E-state index is 13.4. The Morgan fingerprint density at radius 2 is 0.771 bits per heavy atom. The van der Waals surface area contributed by atoms with Gasteiger partial charge in [0, 0.05) is 14.9 Å². The van der Waals surface area contributed by atoms with Crippen molar-refractivity contribution in [1.82, 2.24) is 0 Å². The van der Waals surface area contributed by atoms with Crippen molar-refractivity contribution in [1.29, 1.82) is 0 Å². The molecular weight excluding hydrogens is 1400 g/mol. The van der Waals surface area contributed by atoms with Gasteiger partial charge in [0.15, 0.2) is 0 Å². The Labute approximate surface area is 632 Å². The zero-order valence-corrected chi connectivity index (χ0v) is 65.7. The van der Waals surface area contributed by atoms with Gasteiger partial charge in [-0.1, -0.05) is 144 Å². The molecule has 9 aromatic rings. The minimum Gasteiger partial charge on any atom is -0.462 e. The predicted molar refractivity (Wildman–Crippen MR) is 422 cm³/mol. The summed E-state index contributed by atoms with van der Waals surface area (Å²) >= 11 is 8.61. The third kappa shape index (κ3) is 15.6. The molecule has 0 amide bonds. The number of carbonyl (C=O) groups excluding carboxylic acids is 6. The normalized spacial score (nSPS) is 24.4. The van der Waals surface area contributed by atoms with Gasteiger partial charge < -0.3 is 28.4 Å². The Morgan fingerprint density at radius 3 is 1.24 bits per heavy atom. The lowest BCUT2D eigenvalue weighted by atomic mass is 9.86. The van der Waals surface area contributed by atoms with E-state index in [-0.39, 0.29) is 119 Å². The van der Waals surface area contributed by atoms with Crippen LogP contribution in [0, 0.1) is 70.5 Å². The van der Waals surface area contributed by atoms with Crippen LogP contribution in [0.2, 0.25) is 0 Å². The maximum atomic E-state index is 13.4. The number of hydrogen-bond acceptors (Lipinski definition) is 13. The van der Waals surface area contributed by atoms with E-state index in [1.807, 2.05) is 120 Å². The molecule has 6 aliphatic rings. The highest BCUT2D eigenvalue weighted by molar-refractivity contribution is 9.10. The summed E-state index contributed by atoms with van der Waals surface area (Å²) < 4.78 is 36.9. The van der Waals surface area contributed by atoms with E-state index in [9.17, 15) is 28.8 Å². The van der Waals surface area contributed by atoms with Gasteiger partial charge in [-0.05, 0) is 302 Å². The van der Waals surface area contributed by atoms with Crippen LogP contribution in [0.5, 0.6) is 0 Å². The first-order chi connectivity index (χ1) is 49.9. The van der Waals surface area contributed by atoms with E-state index in [4.69, 9.17) is 41.0 Å². The zero-order valence-electron chi connectivity index (χ0n) is 63.2. The first kappa shape index (κ1) is 75.4. The lowest BCUT2D eigenvalue weighted by Crippen LogP contribution is -2.37. The second-order valence-electron chi connectivity index (χ2n) is 33.5. The molecule has 6 saturated carbocycles. The number of halogens is 1. The van der Waals surface area contributed by atoms with Gasteiger partial charge in [0.1, 0.15) is 35.1 Å². The second-order valence-corrected chi connectivity index (χ2v) is 34.8. The van der Waals surface area contributed by atoms with Crippen LogP contribution in [-0.2, 0) is 74.0 Å². The largest absolute Gasteiger partial charge is 0.462 e. The van der Waals surface area contributed by atoms with E-state index in [0.29, 0.717) is 0 Å². The Hall–Kier alpha value is -7.81. The zero-order chi connectivity index (χ0) is 74.8. The van der Waals surface area contributed by atoms with E-state index in [2.05, 4.69) is 137 Å². The molecule has 6 aliphatic carbocycles. The fourth-order valence-corrected chi connectivity index (χ4v) is 19.0. The smallest absolute Gasteiger partial charge is 0.311 e. The summed E-state index contributed by atoms with van der Waals surface area (Å²) in [5.74, 6) is 0.213. The predicted octanol–water partition coefficient (Wildman–Crippen LogP) is 21.8. The lowest BCUT2D eigenvalue weighted by molar-refractivity contribution is -0.169. The van der Waals surface area contributed by atoms with Crippen molar-refractivity contribution in [2.45, 2.75) is 207 Å². The van der Waals surface area contributed by atoms with E-state index in [1.165, 1.54) is 26.9 Å². The number of benzene rings is 9. The first-order valence-corrected chi connectivity index (χ1v) is 39.7. The summed E-state index contributed by atoms with van der Waals surface area (Å²) in [6, 6.07) is 52.6. The standard InChI is InChI=1S/C31H35BrO4.C30H34O4S.C30H34O4/c1-6-30(2,3)29(34)35-26-17-21-14-22(26)16-24(21)28(33)36-31(4,5)25-12-11-20-13-18-9-7-8-10-19(18)15-23(20)27(25)32;1-5-17(2)28(31)33-26-16-20-13-21(26)15-25(20)29(32)34-30(3,4)22-10-11-24-19(14-22)12-18-8-6-7-9-23(18)27(24)35;1-5-18(2)28(31)33-27-17-23-14-24(27)16-26(23)29(32)34-30(3,4)25-11-10-21-12-19-8-6-7-9-20(19)13-22(21)15-25/h7-13,15,21-22,24,26H,6,14,16-17H2,1-5H3;6-12,14,17,20-21,25-26,35H,5,13,15-16H2,1-4H3;6-13,15,18,23-24,26-27H,5,14,16-17H2,1-4H3. The summed E-state index contributed by atoms with van der Waals surface area (Å²) in [6.07, 6.45) is 9.47. The molecule has 12 nitrogen and oxygen atoms in total. The molecule has 6 bridgehead atoms. The molecule has 15 rings (SSSR count). The molecule has 0 aromatic heterocycles. The van der Waals surface area contributed by atoms with Gasteiger partial charge in [-0.2, -0.15) is 0 Å². The van der Waals surface area contributed by atoms with E-state index in [1.54, 1.807) is 0 Å². The fourth-order valence-electron chi connectivity index (χ4n) is 17.6. The third-order valence-corrected chi connectivity index (χ3v) is 26.3. The quantitative estimate of drug-likeness (QED) is 0.0376. The van der Waals surface area contributed by atoms with Crippen LogP contribution in [0.4, 0.5) is 0 Å². The van der Waals surface area contributed by atoms with E-state index >= 15 is 0 Å². The van der Waals surface area contributed by atoms with Crippen molar-refractivity contribution in [2.75, 3.05) is 0 Å². The minimum atomic E-state index is -0.783. The number of ether oxygens (including phenoxy) is 6. The highest BCUT2D eigenvalue weighted by atomic mass is 79.9. The van der Waals surface area contributed by atoms with Crippen molar-refractivity contribution < 1.29 is 57.2 Å². The fraction of sp³-hybridized carbons (Fsp3) is 0.473. The molecule has 105 heavy (non-hydrogen) atoms. The van der Waals surface area contributed by atoms with Crippen LogP contribution >= 0.6 is 28.6 Å². The summed E-state index contributed by atoms with van der Waals surface area (Å²) in [5, 5.41) is 13.8. The van der Waals surface area contributed by atoms with Gasteiger partial charge in [-0.15, -0.1) is 12.6 Å². The molecule has 0 saturated heterocycles. The molecule has 0 aliphatic heterocycles. The van der Waals surface area contributed by atoms with Crippen molar-refractivity contribution in [2.24, 2.45) is 70.5 Å². The number of rotatable bonds is 18. The van der Waals surface area contributed by atoms with Gasteiger partial charge in [-0.25, -0.2) is 0 Å². The van der Waals surface area contributed by atoms with Crippen molar-refractivity contribution >= 4 is 129 Å². The van der Waals surface area contributed by atoms with Crippen LogP contribution in [0.3, 0.4) is 0 Å². The molecule has 14 heteroatoms. The summed E-state index contributed by atoms with van der Waals surface area (Å²) in [5.41, 5.74) is 0.185. The van der Waals surface area contributed by atoms with Crippen LogP contribution < -0.4 is 0 Å². The average molecular weight is 1500 g/mol. The molecule has 0 heterocycles. The average Bonchev–Trinajstić information content (AvgIpc) is 1.26. The first-order valence-electron chi connectivity index (χ1n) is 38.4. The topological polar surface area (TPSA) is 158 Å². The van der Waals surface area contributed by atoms with E-state index in [0.717, 1.165) is 141 Å². The van der Waals surface area contributed by atoms with Gasteiger partial charge >= 0.3 is 35.8 Å². The molecule has 0 spiro atoms. The number of hydrogen-bond donors (Lipinski definition) is 1. The molecule has 9 aromatic carbocycles. The number of thiol groups is 1. The Kier molecular flexibility index (Phi) is 21.6. The Morgan fingerprint density at radius 1 is 0.400 bits per heavy atom. The van der Waals surface area contributed by atoms with Gasteiger partial charge in [0.25, 0.3) is 0 Å². The van der Waals surface area contributed by atoms with Gasteiger partial charge in [0.2, 0.25) is 0 Å². The highest BCUT2D eigenvalue weighted by Crippen LogP contribution is 2.54. The maximum Gasteiger partial charge on any atom is 0.311 e. The summed E-state index contributed by atoms with van der Waals surface area (Å²) in [6.45, 7) is 25.4. The second kappa shape index (κ2) is 30.1. The Balaban J connectivity index is 0.000000140. The highest BCUT2D eigenvalue weighted by Gasteiger charge is 2.55. The summed E-state index contributed by atoms with van der Waals surface area (Å²) in [4.78, 5) is 77.8. The molecule has 14 atom stereocenters. The SMILES string of the molecule is CCC(C)(C)C(=O)OC1CC2CC1CC2C(=O)OC(C)(C)c1ccc2cc3ccccc3cc2c1Br.CCC(C)C(=O)OC1CC2CC1CC2C(=O)OC(C)(C)c1ccc2c(S)c3ccccc3cc2c1.CCC(C)C(=O)OC1CC2CC1CC2C(=O)OC(C)(C)c1ccc2cc3ccccc3cc2c1. The number of esters is 6. The molecule has 6 fully saturated rings. The van der Waals surface area contributed by atoms with E-state index < -0.39 is 22.2 Å². The minimum absolute atomic E-state index is 0.0427. The Bertz CT molecular complexity index is 4840. The molecule has 0 radical (unpaired) electrons. The monoisotopic (exact) mass is 1500 g/mol. The molecule has 552 valence electrons. The van der Waals surface area contributed by atoms with Gasteiger partial charge in [0.05, 0.1) is 35.0 Å². The van der Waals surface area contributed by atoms with Crippen LogP contribution in [0.1, 0.15) is 184 Å². The van der Waals surface area contributed by atoms with Crippen molar-refractivity contribution in [3.8, 4) is 0 Å². The molecule has 0 N–H and O–H groups in total. The summed E-state index contributed by atoms with van der Waals surface area (Å²) in [7, 11) is 0. The van der Waals surface area contributed by atoms with Crippen LogP contribution in [0.25, 0.3) is 64.6 Å². The van der Waals surface area contributed by atoms with Crippen LogP contribution in [-0.4, -0.2) is 54.1 Å². The molecular formula is C91H103BrO12S. The third-order valence-electron chi connectivity index (χ3n) is 25.0. The van der Waals surface area contributed by atoms with Gasteiger partial charge in [-0.3, -0.25) is 28.8 Å². The molecule has 14 unspecified atom stereocenters. The number of fused-ring (bicyclic) bond motifs is 12. The number of carbonyl (C=O) groups is 6. The van der Waals surface area contributed by atoms with Crippen molar-refractivity contribution in [3.05, 3.63) is 173 Å². The van der Waals surface area contributed by atoms with Crippen molar-refractivity contribution in [3.63, 3.8) is 0 Å². The van der Waals surface area contributed by atoms with Crippen LogP contribution in [0.15, 0.2) is 161 Å².